The highest BCUT2D eigenvalue weighted by molar-refractivity contribution is 7.99. The van der Waals surface area contributed by atoms with Crippen molar-refractivity contribution in [2.24, 2.45) is 0 Å². The molecule has 2 aromatic heterocycles. The Hall–Kier alpha value is -1.69. The third-order valence-corrected chi connectivity index (χ3v) is 5.61. The van der Waals surface area contributed by atoms with E-state index in [-0.39, 0.29) is 5.91 Å². The first-order chi connectivity index (χ1) is 11.1. The Morgan fingerprint density at radius 2 is 2.30 bits per heavy atom. The van der Waals surface area contributed by atoms with Crippen LogP contribution < -0.4 is 0 Å². The molecule has 1 aliphatic rings. The topological polar surface area (TPSA) is 59.5 Å². The van der Waals surface area contributed by atoms with Gasteiger partial charge >= 0.3 is 0 Å². The number of hydrogen-bond donors (Lipinski definition) is 0. The molecule has 124 valence electrons. The van der Waals surface area contributed by atoms with Crippen molar-refractivity contribution >= 4 is 17.7 Å². The van der Waals surface area contributed by atoms with Crippen LogP contribution in [0.15, 0.2) is 27.3 Å². The molecule has 0 aromatic carbocycles. The molecule has 1 saturated heterocycles. The first-order valence-corrected chi connectivity index (χ1v) is 9.04. The average molecular weight is 334 g/mol. The quantitative estimate of drug-likeness (QED) is 0.856. The summed E-state index contributed by atoms with van der Waals surface area (Å²) in [6, 6.07) is 3.94. The molecule has 0 spiro atoms. The Morgan fingerprint density at radius 3 is 3.00 bits per heavy atom. The van der Waals surface area contributed by atoms with E-state index in [1.807, 2.05) is 42.6 Å². The fourth-order valence-corrected chi connectivity index (χ4v) is 4.15. The van der Waals surface area contributed by atoms with Gasteiger partial charge in [0.05, 0.1) is 17.2 Å². The zero-order valence-corrected chi connectivity index (χ0v) is 14.4. The van der Waals surface area contributed by atoms with Crippen molar-refractivity contribution in [3.8, 4) is 0 Å². The van der Waals surface area contributed by atoms with Gasteiger partial charge in [-0.05, 0) is 38.8 Å². The molecule has 1 fully saturated rings. The number of carbonyl (C=O) groups excluding carboxylic acids is 1. The van der Waals surface area contributed by atoms with E-state index in [1.54, 1.807) is 6.26 Å². The summed E-state index contributed by atoms with van der Waals surface area (Å²) in [6.45, 7) is 5.42. The summed E-state index contributed by atoms with van der Waals surface area (Å²) in [7, 11) is 0. The molecule has 0 N–H and O–H groups in total. The van der Waals surface area contributed by atoms with Gasteiger partial charge in [-0.15, -0.1) is 11.8 Å². The van der Waals surface area contributed by atoms with Crippen molar-refractivity contribution in [2.45, 2.75) is 38.4 Å². The van der Waals surface area contributed by atoms with Crippen LogP contribution in [0.3, 0.4) is 0 Å². The van der Waals surface area contributed by atoms with Crippen LogP contribution in [0, 0.1) is 13.8 Å². The lowest BCUT2D eigenvalue weighted by Crippen LogP contribution is -2.33. The van der Waals surface area contributed by atoms with Gasteiger partial charge in [-0.3, -0.25) is 4.79 Å². The number of nitrogens with zero attached hydrogens (tertiary/aromatic N) is 2. The molecule has 3 rings (SSSR count). The lowest BCUT2D eigenvalue weighted by molar-refractivity contribution is -0.130. The van der Waals surface area contributed by atoms with Gasteiger partial charge in [0.15, 0.2) is 0 Å². The third-order valence-electron chi connectivity index (χ3n) is 4.32. The van der Waals surface area contributed by atoms with Crippen molar-refractivity contribution in [1.29, 1.82) is 0 Å². The number of hydrogen-bond acceptors (Lipinski definition) is 5. The number of aryl methyl sites for hydroxylation is 2. The zero-order chi connectivity index (χ0) is 16.2. The number of furan rings is 1. The normalized spacial score (nSPS) is 18.9. The second-order valence-corrected chi connectivity index (χ2v) is 7.16. The molecule has 6 heteroatoms. The first-order valence-electron chi connectivity index (χ1n) is 7.99. The summed E-state index contributed by atoms with van der Waals surface area (Å²) in [4.78, 5) is 14.5. The predicted molar refractivity (Wildman–Crippen MR) is 89.4 cm³/mol. The summed E-state index contributed by atoms with van der Waals surface area (Å²) in [5.74, 6) is 2.99. The summed E-state index contributed by atoms with van der Waals surface area (Å²) in [5, 5.41) is 4.30. The van der Waals surface area contributed by atoms with E-state index in [9.17, 15) is 4.79 Å². The van der Waals surface area contributed by atoms with Crippen molar-refractivity contribution in [3.63, 3.8) is 0 Å². The van der Waals surface area contributed by atoms with Crippen LogP contribution in [-0.4, -0.2) is 34.8 Å². The van der Waals surface area contributed by atoms with Gasteiger partial charge in [-0.2, -0.15) is 0 Å². The molecule has 1 amide bonds. The molecule has 0 unspecified atom stereocenters. The van der Waals surface area contributed by atoms with Crippen LogP contribution in [0.5, 0.6) is 0 Å². The van der Waals surface area contributed by atoms with E-state index in [0.717, 1.165) is 48.0 Å². The molecule has 1 aliphatic heterocycles. The minimum absolute atomic E-state index is 0.214. The number of aromatic nitrogens is 1. The Morgan fingerprint density at radius 1 is 1.43 bits per heavy atom. The zero-order valence-electron chi connectivity index (χ0n) is 13.6. The molecule has 5 nitrogen and oxygen atoms in total. The second kappa shape index (κ2) is 7.25. The van der Waals surface area contributed by atoms with Gasteiger partial charge in [0.2, 0.25) is 5.91 Å². The molecular formula is C17H22N2O3S. The average Bonchev–Trinajstić information content (AvgIpc) is 3.10. The second-order valence-electron chi connectivity index (χ2n) is 5.85. The summed E-state index contributed by atoms with van der Waals surface area (Å²) in [6.07, 6.45) is 3.87. The van der Waals surface area contributed by atoms with E-state index in [2.05, 4.69) is 5.16 Å². The minimum Gasteiger partial charge on any atom is -0.468 e. The fourth-order valence-electron chi connectivity index (χ4n) is 2.97. The Bertz CT molecular complexity index is 631. The molecule has 1 atom stereocenters. The van der Waals surface area contributed by atoms with Crippen LogP contribution in [0.2, 0.25) is 0 Å². The lowest BCUT2D eigenvalue weighted by atomic mass is 10.1. The first kappa shape index (κ1) is 16.2. The van der Waals surface area contributed by atoms with E-state index < -0.39 is 0 Å². The van der Waals surface area contributed by atoms with Crippen LogP contribution in [-0.2, 0) is 11.2 Å². The van der Waals surface area contributed by atoms with Crippen molar-refractivity contribution in [1.82, 2.24) is 10.1 Å². The van der Waals surface area contributed by atoms with Gasteiger partial charge in [-0.1, -0.05) is 5.16 Å². The van der Waals surface area contributed by atoms with Gasteiger partial charge in [0, 0.05) is 30.8 Å². The van der Waals surface area contributed by atoms with E-state index in [1.165, 1.54) is 0 Å². The maximum atomic E-state index is 12.5. The van der Waals surface area contributed by atoms with Crippen LogP contribution in [0.4, 0.5) is 0 Å². The number of thioether (sulfide) groups is 1. The summed E-state index contributed by atoms with van der Waals surface area (Å²) < 4.78 is 10.7. The van der Waals surface area contributed by atoms with E-state index in [0.29, 0.717) is 18.1 Å². The molecule has 2 aromatic rings. The van der Waals surface area contributed by atoms with Crippen molar-refractivity contribution in [2.75, 3.05) is 18.8 Å². The highest BCUT2D eigenvalue weighted by Crippen LogP contribution is 2.34. The Labute approximate surface area is 140 Å². The Balaban J connectivity index is 1.54. The van der Waals surface area contributed by atoms with Gasteiger partial charge < -0.3 is 13.8 Å². The smallest absolute Gasteiger partial charge is 0.222 e. The molecule has 3 heterocycles. The van der Waals surface area contributed by atoms with Gasteiger partial charge in [0.1, 0.15) is 11.5 Å². The van der Waals surface area contributed by atoms with Crippen LogP contribution in [0.1, 0.15) is 40.9 Å². The van der Waals surface area contributed by atoms with Gasteiger partial charge in [-0.25, -0.2) is 0 Å². The highest BCUT2D eigenvalue weighted by Gasteiger charge is 2.23. The maximum Gasteiger partial charge on any atom is 0.222 e. The molecule has 0 aliphatic carbocycles. The number of carbonyl (C=O) groups is 1. The van der Waals surface area contributed by atoms with Crippen molar-refractivity contribution < 1.29 is 13.7 Å². The highest BCUT2D eigenvalue weighted by atomic mass is 32.2. The lowest BCUT2D eigenvalue weighted by Gasteiger charge is -2.20. The van der Waals surface area contributed by atoms with Crippen LogP contribution >= 0.6 is 11.8 Å². The molecule has 0 bridgehead atoms. The minimum atomic E-state index is 0.214. The summed E-state index contributed by atoms with van der Waals surface area (Å²) >= 11 is 1.87. The van der Waals surface area contributed by atoms with E-state index >= 15 is 0 Å². The molecular weight excluding hydrogens is 312 g/mol. The molecule has 23 heavy (non-hydrogen) atoms. The Kier molecular flexibility index (Phi) is 5.10. The van der Waals surface area contributed by atoms with Crippen molar-refractivity contribution in [3.05, 3.63) is 41.2 Å². The summed E-state index contributed by atoms with van der Waals surface area (Å²) in [5.41, 5.74) is 1.95. The SMILES string of the molecule is Cc1noc(C)c1CCC(=O)N1CCS[C@H](c2ccco2)CC1. The predicted octanol–water partition coefficient (Wildman–Crippen LogP) is 3.52. The third kappa shape index (κ3) is 3.80. The van der Waals surface area contributed by atoms with Gasteiger partial charge in [0.25, 0.3) is 0 Å². The number of amides is 1. The monoisotopic (exact) mass is 334 g/mol. The maximum absolute atomic E-state index is 12.5. The molecule has 0 saturated carbocycles. The standard InChI is InChI=1S/C17H22N2O3S/c1-12-14(13(2)22-18-12)5-6-17(20)19-8-7-16(23-11-9-19)15-4-3-10-21-15/h3-4,10,16H,5-9,11H2,1-2H3/t16-/m0/s1. The fraction of sp³-hybridized carbons (Fsp3) is 0.529. The number of rotatable bonds is 4. The largest absolute Gasteiger partial charge is 0.468 e. The van der Waals surface area contributed by atoms with E-state index in [4.69, 9.17) is 8.94 Å². The van der Waals surface area contributed by atoms with Crippen LogP contribution in [0.25, 0.3) is 0 Å². The molecule has 0 radical (unpaired) electrons.